The molecule has 0 aliphatic heterocycles. The number of hydrogen-bond acceptors (Lipinski definition) is 1. The van der Waals surface area contributed by atoms with Crippen molar-refractivity contribution in [2.45, 2.75) is 0 Å². The molecule has 14 aromatic rings. The summed E-state index contributed by atoms with van der Waals surface area (Å²) >= 11 is 0. The molecule has 0 aliphatic rings. The Morgan fingerprint density at radius 3 is 1.12 bits per heavy atom. The molecule has 0 spiro atoms. The van der Waals surface area contributed by atoms with Gasteiger partial charge < -0.3 is 9.47 Å². The van der Waals surface area contributed by atoms with Crippen LogP contribution in [0, 0.1) is 0 Å². The van der Waals surface area contributed by atoms with Gasteiger partial charge in [-0.1, -0.05) is 261 Å². The van der Waals surface area contributed by atoms with Crippen molar-refractivity contribution in [2.24, 2.45) is 0 Å². The minimum atomic E-state index is -2.67. The Labute approximate surface area is 450 Å². The van der Waals surface area contributed by atoms with Crippen molar-refractivity contribution in [3.05, 3.63) is 315 Å². The summed E-state index contributed by atoms with van der Waals surface area (Å²) < 4.78 is 2.41. The van der Waals surface area contributed by atoms with Gasteiger partial charge in [0.15, 0.2) is 8.07 Å². The standard InChI is InChI=1S/C74H52N2Si/c1-6-23-55(24-7-1)72-66-35-18-16-33-64(66)65-34-17-19-36-67(65)73(72)56-43-49-59(50-44-56)75(70-39-22-40-71-74(70)68-37-20-21-38-69(68)76(71)57-25-8-2-9-26-57)58-47-41-53(42-48-58)54-45-51-63(52-46-54)77(60-27-10-3-11-28-60,61-29-12-4-13-30-61)62-31-14-5-15-32-62/h1-52H. The zero-order valence-corrected chi connectivity index (χ0v) is 43.4. The van der Waals surface area contributed by atoms with Crippen LogP contribution >= 0.6 is 0 Å². The van der Waals surface area contributed by atoms with Crippen molar-refractivity contribution in [1.29, 1.82) is 0 Å². The third kappa shape index (κ3) is 7.79. The first kappa shape index (κ1) is 45.8. The SMILES string of the molecule is c1ccc(-c2c(-c3ccc(N(c4ccc(-c5ccc([Si](c6ccccc6)(c6ccccc6)c6ccccc6)cc5)cc4)c4cccc5c4c4ccccc4n5-c4ccccc4)cc3)c3ccccc3c3ccccc23)cc1. The van der Waals surface area contributed by atoms with E-state index >= 15 is 0 Å². The molecule has 362 valence electrons. The fourth-order valence-corrected chi connectivity index (χ4v) is 17.1. The van der Waals surface area contributed by atoms with Crippen LogP contribution < -0.4 is 25.6 Å². The summed E-state index contributed by atoms with van der Waals surface area (Å²) in [6.45, 7) is 0. The lowest BCUT2D eigenvalue weighted by Gasteiger charge is -2.34. The molecule has 3 heteroatoms. The molecule has 77 heavy (non-hydrogen) atoms. The zero-order valence-electron chi connectivity index (χ0n) is 42.4. The van der Waals surface area contributed by atoms with Gasteiger partial charge in [-0.2, -0.15) is 0 Å². The Hall–Kier alpha value is -9.80. The second kappa shape index (κ2) is 19.5. The number of benzene rings is 13. The van der Waals surface area contributed by atoms with E-state index in [4.69, 9.17) is 0 Å². The van der Waals surface area contributed by atoms with E-state index in [0.717, 1.165) is 33.8 Å². The normalized spacial score (nSPS) is 11.6. The number of fused-ring (bicyclic) bond motifs is 6. The molecule has 1 aromatic heterocycles. The van der Waals surface area contributed by atoms with E-state index in [1.165, 1.54) is 86.4 Å². The minimum Gasteiger partial charge on any atom is -0.310 e. The lowest BCUT2D eigenvalue weighted by atomic mass is 9.85. The third-order valence-electron chi connectivity index (χ3n) is 15.7. The average Bonchev–Trinajstić information content (AvgIpc) is 3.97. The Balaban J connectivity index is 0.925. The molecule has 0 fully saturated rings. The van der Waals surface area contributed by atoms with E-state index in [1.807, 2.05) is 0 Å². The van der Waals surface area contributed by atoms with Crippen molar-refractivity contribution in [2.75, 3.05) is 4.90 Å². The molecule has 0 radical (unpaired) electrons. The number of anilines is 3. The van der Waals surface area contributed by atoms with Gasteiger partial charge in [-0.25, -0.2) is 0 Å². The largest absolute Gasteiger partial charge is 0.310 e. The van der Waals surface area contributed by atoms with Crippen molar-refractivity contribution >= 4 is 89.2 Å². The van der Waals surface area contributed by atoms with E-state index in [9.17, 15) is 0 Å². The fourth-order valence-electron chi connectivity index (χ4n) is 12.4. The zero-order chi connectivity index (χ0) is 51.1. The van der Waals surface area contributed by atoms with Crippen LogP contribution in [0.1, 0.15) is 0 Å². The Bertz CT molecular complexity index is 4290. The lowest BCUT2D eigenvalue weighted by Crippen LogP contribution is -2.74. The summed E-state index contributed by atoms with van der Waals surface area (Å²) in [6, 6.07) is 116. The maximum Gasteiger partial charge on any atom is 0.179 e. The summed E-state index contributed by atoms with van der Waals surface area (Å²) in [6.07, 6.45) is 0. The first-order valence-electron chi connectivity index (χ1n) is 26.6. The average molecular weight is 997 g/mol. The molecular weight excluding hydrogens is 945 g/mol. The van der Waals surface area contributed by atoms with Crippen molar-refractivity contribution < 1.29 is 0 Å². The van der Waals surface area contributed by atoms with Crippen molar-refractivity contribution in [3.8, 4) is 39.1 Å². The Morgan fingerprint density at radius 1 is 0.247 bits per heavy atom. The van der Waals surface area contributed by atoms with Gasteiger partial charge in [0, 0.05) is 27.8 Å². The summed E-state index contributed by atoms with van der Waals surface area (Å²) in [5.74, 6) is 0. The van der Waals surface area contributed by atoms with E-state index < -0.39 is 8.07 Å². The van der Waals surface area contributed by atoms with Gasteiger partial charge in [0.1, 0.15) is 0 Å². The number of hydrogen-bond donors (Lipinski definition) is 0. The molecule has 1 heterocycles. The third-order valence-corrected chi connectivity index (χ3v) is 20.5. The molecule has 13 aromatic carbocycles. The molecule has 2 nitrogen and oxygen atoms in total. The lowest BCUT2D eigenvalue weighted by molar-refractivity contribution is 1.18. The monoisotopic (exact) mass is 996 g/mol. The van der Waals surface area contributed by atoms with Crippen LogP contribution in [0.5, 0.6) is 0 Å². The van der Waals surface area contributed by atoms with Gasteiger partial charge >= 0.3 is 0 Å². The van der Waals surface area contributed by atoms with Crippen LogP contribution in [0.25, 0.3) is 82.4 Å². The molecule has 0 saturated heterocycles. The van der Waals surface area contributed by atoms with Gasteiger partial charge in [-0.15, -0.1) is 0 Å². The number of para-hydroxylation sites is 2. The Morgan fingerprint density at radius 2 is 0.610 bits per heavy atom. The molecular formula is C74H52N2Si. The first-order valence-corrected chi connectivity index (χ1v) is 28.6. The highest BCUT2D eigenvalue weighted by Gasteiger charge is 2.41. The van der Waals surface area contributed by atoms with Crippen molar-refractivity contribution in [3.63, 3.8) is 0 Å². The predicted molar refractivity (Wildman–Crippen MR) is 330 cm³/mol. The molecule has 0 bridgehead atoms. The van der Waals surface area contributed by atoms with Crippen LogP contribution in [0.15, 0.2) is 315 Å². The highest BCUT2D eigenvalue weighted by molar-refractivity contribution is 7.19. The molecule has 0 unspecified atom stereocenters. The molecule has 14 rings (SSSR count). The van der Waals surface area contributed by atoms with Crippen LogP contribution in [0.3, 0.4) is 0 Å². The summed E-state index contributed by atoms with van der Waals surface area (Å²) in [5.41, 5.74) is 13.9. The summed E-state index contributed by atoms with van der Waals surface area (Å²) in [7, 11) is -2.67. The molecule has 0 saturated carbocycles. The van der Waals surface area contributed by atoms with E-state index in [1.54, 1.807) is 0 Å². The van der Waals surface area contributed by atoms with Crippen molar-refractivity contribution in [1.82, 2.24) is 4.57 Å². The molecule has 0 amide bonds. The fraction of sp³-hybridized carbons (Fsp3) is 0. The predicted octanol–water partition coefficient (Wildman–Crippen LogP) is 16.9. The van der Waals surface area contributed by atoms with Gasteiger partial charge in [0.2, 0.25) is 0 Å². The van der Waals surface area contributed by atoms with Gasteiger partial charge in [-0.05, 0) is 130 Å². The summed E-state index contributed by atoms with van der Waals surface area (Å²) in [4.78, 5) is 2.46. The van der Waals surface area contributed by atoms with E-state index in [2.05, 4.69) is 325 Å². The maximum atomic E-state index is 2.46. The quantitative estimate of drug-likeness (QED) is 0.0712. The van der Waals surface area contributed by atoms with Crippen LogP contribution in [0.2, 0.25) is 0 Å². The number of rotatable bonds is 11. The summed E-state index contributed by atoms with van der Waals surface area (Å²) in [5, 5.41) is 12.9. The maximum absolute atomic E-state index is 2.67. The molecule has 0 aliphatic carbocycles. The number of aromatic nitrogens is 1. The van der Waals surface area contributed by atoms with Crippen LogP contribution in [0.4, 0.5) is 17.1 Å². The van der Waals surface area contributed by atoms with Crippen LogP contribution in [-0.4, -0.2) is 12.6 Å². The van der Waals surface area contributed by atoms with Gasteiger partial charge in [0.05, 0.1) is 16.7 Å². The Kier molecular flexibility index (Phi) is 11.6. The number of nitrogens with zero attached hydrogens (tertiary/aromatic N) is 2. The van der Waals surface area contributed by atoms with E-state index in [0.29, 0.717) is 0 Å². The molecule has 0 atom stereocenters. The van der Waals surface area contributed by atoms with Crippen LogP contribution in [-0.2, 0) is 0 Å². The highest BCUT2D eigenvalue weighted by atomic mass is 28.3. The van der Waals surface area contributed by atoms with E-state index in [-0.39, 0.29) is 0 Å². The minimum absolute atomic E-state index is 1.07. The van der Waals surface area contributed by atoms with Gasteiger partial charge in [-0.3, -0.25) is 0 Å². The first-order chi connectivity index (χ1) is 38.2. The second-order valence-corrected chi connectivity index (χ2v) is 23.7. The highest BCUT2D eigenvalue weighted by Crippen LogP contribution is 2.47. The topological polar surface area (TPSA) is 8.17 Å². The molecule has 0 N–H and O–H groups in total. The second-order valence-electron chi connectivity index (χ2n) is 19.9. The smallest absolute Gasteiger partial charge is 0.179 e. The van der Waals surface area contributed by atoms with Gasteiger partial charge in [0.25, 0.3) is 0 Å².